The fourth-order valence-corrected chi connectivity index (χ4v) is 6.59. The Labute approximate surface area is 244 Å². The van der Waals surface area contributed by atoms with Gasteiger partial charge in [-0.2, -0.15) is 5.26 Å². The first-order valence-electron chi connectivity index (χ1n) is 14.1. The predicted molar refractivity (Wildman–Crippen MR) is 172 cm³/mol. The van der Waals surface area contributed by atoms with E-state index in [9.17, 15) is 5.26 Å². The van der Waals surface area contributed by atoms with Crippen molar-refractivity contribution in [3.8, 4) is 17.2 Å². The van der Waals surface area contributed by atoms with Crippen molar-refractivity contribution in [3.63, 3.8) is 0 Å². The van der Waals surface area contributed by atoms with Crippen LogP contribution in [0.3, 0.4) is 0 Å². The highest BCUT2D eigenvalue weighted by molar-refractivity contribution is 6.15. The largest absolute Gasteiger partial charge is 0.310 e. The lowest BCUT2D eigenvalue weighted by atomic mass is 9.81. The van der Waals surface area contributed by atoms with E-state index in [4.69, 9.17) is 0 Å². The average molecular weight is 539 g/mol. The van der Waals surface area contributed by atoms with Crippen molar-refractivity contribution in [2.45, 2.75) is 19.3 Å². The number of rotatable bonds is 4. The molecule has 4 nitrogen and oxygen atoms in total. The molecule has 4 heteroatoms. The molecule has 0 radical (unpaired) electrons. The Hall–Kier alpha value is -5.53. The number of nitriles is 1. The zero-order valence-corrected chi connectivity index (χ0v) is 23.3. The lowest BCUT2D eigenvalue weighted by Crippen LogP contribution is -2.15. The Balaban J connectivity index is 1.24. The maximum Gasteiger partial charge on any atom is 0.0991 e. The lowest BCUT2D eigenvalue weighted by Gasteiger charge is -2.26. The highest BCUT2D eigenvalue weighted by atomic mass is 15.1. The van der Waals surface area contributed by atoms with Gasteiger partial charge in [0.1, 0.15) is 0 Å². The van der Waals surface area contributed by atoms with Crippen molar-refractivity contribution in [1.82, 2.24) is 9.97 Å². The molecule has 0 amide bonds. The molecule has 1 aliphatic carbocycles. The van der Waals surface area contributed by atoms with Gasteiger partial charge in [-0.25, -0.2) is 0 Å². The second-order valence-electron chi connectivity index (χ2n) is 11.5. The maximum atomic E-state index is 9.36. The Kier molecular flexibility index (Phi) is 5.20. The summed E-state index contributed by atoms with van der Waals surface area (Å²) in [5, 5.41) is 14.7. The Morgan fingerprint density at radius 1 is 0.595 bits per heavy atom. The monoisotopic (exact) mass is 538 g/mol. The Morgan fingerprint density at radius 3 is 2.02 bits per heavy atom. The quantitative estimate of drug-likeness (QED) is 0.209. The maximum absolute atomic E-state index is 9.36. The molecule has 7 aromatic rings. The van der Waals surface area contributed by atoms with Gasteiger partial charge < -0.3 is 4.90 Å². The Morgan fingerprint density at radius 2 is 1.26 bits per heavy atom. The lowest BCUT2D eigenvalue weighted by molar-refractivity contribution is 0.663. The van der Waals surface area contributed by atoms with Crippen LogP contribution in [0, 0.1) is 11.3 Å². The summed E-state index contributed by atoms with van der Waals surface area (Å²) >= 11 is 0. The van der Waals surface area contributed by atoms with Gasteiger partial charge in [-0.1, -0.05) is 56.3 Å². The summed E-state index contributed by atoms with van der Waals surface area (Å²) in [4.78, 5) is 11.2. The van der Waals surface area contributed by atoms with Crippen molar-refractivity contribution >= 4 is 49.6 Å². The minimum absolute atomic E-state index is 0.0528. The third-order valence-corrected chi connectivity index (χ3v) is 8.73. The van der Waals surface area contributed by atoms with Gasteiger partial charge in [0.25, 0.3) is 0 Å². The number of aromatic nitrogens is 2. The highest BCUT2D eigenvalue weighted by Crippen LogP contribution is 2.50. The number of anilines is 3. The van der Waals surface area contributed by atoms with Crippen molar-refractivity contribution in [1.29, 1.82) is 5.26 Å². The van der Waals surface area contributed by atoms with E-state index in [2.05, 4.69) is 114 Å². The zero-order chi connectivity index (χ0) is 28.4. The van der Waals surface area contributed by atoms with Crippen molar-refractivity contribution < 1.29 is 0 Å². The van der Waals surface area contributed by atoms with Crippen LogP contribution in [-0.2, 0) is 5.41 Å². The van der Waals surface area contributed by atoms with E-state index in [0.29, 0.717) is 5.56 Å². The van der Waals surface area contributed by atoms with Crippen LogP contribution in [0.5, 0.6) is 0 Å². The van der Waals surface area contributed by atoms with Gasteiger partial charge in [-0.05, 0) is 111 Å². The number of nitrogens with zero attached hydrogens (tertiary/aromatic N) is 4. The van der Waals surface area contributed by atoms with Gasteiger partial charge in [0.15, 0.2) is 0 Å². The first-order chi connectivity index (χ1) is 20.5. The fraction of sp³-hybridized carbons (Fsp3) is 0.0789. The minimum Gasteiger partial charge on any atom is -0.310 e. The molecule has 0 aliphatic heterocycles. The summed E-state index contributed by atoms with van der Waals surface area (Å²) in [7, 11) is 0. The second-order valence-corrected chi connectivity index (χ2v) is 11.5. The minimum atomic E-state index is -0.0528. The summed E-state index contributed by atoms with van der Waals surface area (Å²) in [5.74, 6) is 0. The van der Waals surface area contributed by atoms with E-state index in [0.717, 1.165) is 28.1 Å². The van der Waals surface area contributed by atoms with Gasteiger partial charge >= 0.3 is 0 Å². The van der Waals surface area contributed by atoms with E-state index in [1.807, 2.05) is 30.3 Å². The van der Waals surface area contributed by atoms with Crippen LogP contribution >= 0.6 is 0 Å². The Bertz CT molecular complexity index is 2220. The molecule has 0 fully saturated rings. The molecule has 8 rings (SSSR count). The molecule has 6 aromatic carbocycles. The smallest absolute Gasteiger partial charge is 0.0991 e. The number of fused-ring (bicyclic) bond motifs is 1. The predicted octanol–water partition coefficient (Wildman–Crippen LogP) is 9.58. The van der Waals surface area contributed by atoms with Crippen molar-refractivity contribution in [3.05, 3.63) is 138 Å². The third kappa shape index (κ3) is 3.61. The zero-order valence-electron chi connectivity index (χ0n) is 23.3. The molecule has 1 aromatic heterocycles. The number of hydrogen-bond acceptors (Lipinski definition) is 4. The van der Waals surface area contributed by atoms with Crippen LogP contribution in [0.2, 0.25) is 0 Å². The molecule has 0 bridgehead atoms. The van der Waals surface area contributed by atoms with Gasteiger partial charge in [-0.3, -0.25) is 9.97 Å². The first-order valence-corrected chi connectivity index (χ1v) is 14.1. The van der Waals surface area contributed by atoms with E-state index in [-0.39, 0.29) is 5.41 Å². The van der Waals surface area contributed by atoms with Crippen LogP contribution in [0.4, 0.5) is 17.1 Å². The third-order valence-electron chi connectivity index (χ3n) is 8.73. The molecule has 42 heavy (non-hydrogen) atoms. The second kappa shape index (κ2) is 8.99. The average Bonchev–Trinajstić information content (AvgIpc) is 3.27. The highest BCUT2D eigenvalue weighted by Gasteiger charge is 2.34. The summed E-state index contributed by atoms with van der Waals surface area (Å²) in [6.45, 7) is 4.68. The summed E-state index contributed by atoms with van der Waals surface area (Å²) < 4.78 is 0. The first kappa shape index (κ1) is 24.3. The molecule has 0 saturated heterocycles. The molecular weight excluding hydrogens is 512 g/mol. The number of benzene rings is 6. The SMILES string of the molecule is CC1(C)c2cccc3ccc4cc(-c5ccc(N(c6ccc(C#N)cc6)c6ccc7nccnc7c6)cc5)cc1c4c23. The number of hydrogen-bond donors (Lipinski definition) is 0. The van der Waals surface area contributed by atoms with E-state index >= 15 is 0 Å². The molecule has 0 saturated carbocycles. The van der Waals surface area contributed by atoms with Crippen LogP contribution in [-0.4, -0.2) is 9.97 Å². The van der Waals surface area contributed by atoms with Crippen LogP contribution in [0.15, 0.2) is 122 Å². The van der Waals surface area contributed by atoms with Gasteiger partial charge in [0.05, 0.1) is 22.7 Å². The summed E-state index contributed by atoms with van der Waals surface area (Å²) in [6.07, 6.45) is 3.42. The van der Waals surface area contributed by atoms with Crippen LogP contribution < -0.4 is 4.90 Å². The molecular formula is C38H26N4. The van der Waals surface area contributed by atoms with Crippen molar-refractivity contribution in [2.75, 3.05) is 4.90 Å². The fourth-order valence-electron chi connectivity index (χ4n) is 6.59. The molecule has 0 atom stereocenters. The van der Waals surface area contributed by atoms with Gasteiger partial charge in [0.2, 0.25) is 0 Å². The molecule has 0 unspecified atom stereocenters. The molecule has 0 N–H and O–H groups in total. The molecule has 198 valence electrons. The van der Waals surface area contributed by atoms with Crippen LogP contribution in [0.1, 0.15) is 30.5 Å². The summed E-state index contributed by atoms with van der Waals surface area (Å²) in [6, 6.07) is 40.7. The van der Waals surface area contributed by atoms with E-state index in [1.165, 1.54) is 43.8 Å². The van der Waals surface area contributed by atoms with Crippen LogP contribution in [0.25, 0.3) is 43.7 Å². The van der Waals surface area contributed by atoms with Gasteiger partial charge in [-0.15, -0.1) is 0 Å². The van der Waals surface area contributed by atoms with Crippen molar-refractivity contribution in [2.24, 2.45) is 0 Å². The van der Waals surface area contributed by atoms with Gasteiger partial charge in [0, 0.05) is 34.9 Å². The van der Waals surface area contributed by atoms with E-state index in [1.54, 1.807) is 12.4 Å². The molecule has 0 spiro atoms. The standard InChI is InChI=1S/C38H26N4/c1-38(2)32-5-3-4-26-8-9-27-20-28(21-33(38)37(27)36(26)32)25-10-14-30(15-11-25)42(29-12-6-24(23-39)7-13-29)31-16-17-34-35(22-31)41-19-18-40-34/h3-22H,1-2H3. The molecule has 1 aliphatic rings. The molecule has 1 heterocycles. The topological polar surface area (TPSA) is 52.8 Å². The normalized spacial score (nSPS) is 13.2. The summed E-state index contributed by atoms with van der Waals surface area (Å²) in [5.41, 5.74) is 10.4. The van der Waals surface area contributed by atoms with E-state index < -0.39 is 0 Å².